The lowest BCUT2D eigenvalue weighted by atomic mass is 10.0. The van der Waals surface area contributed by atoms with Crippen molar-refractivity contribution in [1.29, 1.82) is 0 Å². The number of methoxy groups -OCH3 is 2. The molecule has 0 spiro atoms. The zero-order valence-corrected chi connectivity index (χ0v) is 17.7. The molecule has 1 heterocycles. The van der Waals surface area contributed by atoms with Gasteiger partial charge in [0.2, 0.25) is 11.8 Å². The van der Waals surface area contributed by atoms with Crippen LogP contribution in [0.5, 0.6) is 0 Å². The van der Waals surface area contributed by atoms with Crippen molar-refractivity contribution in [3.63, 3.8) is 0 Å². The fraction of sp³-hybridized carbons (Fsp3) is 0.364. The van der Waals surface area contributed by atoms with Crippen LogP contribution in [-0.4, -0.2) is 72.2 Å². The van der Waals surface area contributed by atoms with E-state index in [-0.39, 0.29) is 24.9 Å². The maximum atomic E-state index is 13.4. The highest BCUT2D eigenvalue weighted by molar-refractivity contribution is 5.89. The fourth-order valence-electron chi connectivity index (χ4n) is 3.32. The molecular formula is C22H27N5O4. The van der Waals surface area contributed by atoms with E-state index in [1.54, 1.807) is 18.9 Å². The van der Waals surface area contributed by atoms with Gasteiger partial charge in [0.15, 0.2) is 0 Å². The van der Waals surface area contributed by atoms with Crippen LogP contribution in [0.15, 0.2) is 54.6 Å². The largest absolute Gasteiger partial charge is 0.383 e. The van der Waals surface area contributed by atoms with Crippen LogP contribution in [0.1, 0.15) is 11.6 Å². The molecule has 31 heavy (non-hydrogen) atoms. The second-order valence-corrected chi connectivity index (χ2v) is 6.91. The molecule has 0 radical (unpaired) electrons. The molecule has 1 atom stereocenters. The summed E-state index contributed by atoms with van der Waals surface area (Å²) in [5.41, 5.74) is 2.17. The van der Waals surface area contributed by atoms with Crippen molar-refractivity contribution < 1.29 is 19.1 Å². The number of fused-ring (bicyclic) bond motifs is 1. The maximum Gasteiger partial charge on any atom is 0.247 e. The standard InChI is InChI=1S/C22H27N5O4/c1-30-14-12-23-22(29)21(17-8-4-3-5-9-17)26(13-15-31-2)20(28)16-27-19-11-7-6-10-18(19)24-25-27/h3-11,21H,12-16H2,1-2H3,(H,23,29)/t21-/m0/s1. The Morgan fingerprint density at radius 1 is 1.03 bits per heavy atom. The van der Waals surface area contributed by atoms with Gasteiger partial charge in [-0.2, -0.15) is 0 Å². The first-order valence-corrected chi connectivity index (χ1v) is 10.0. The van der Waals surface area contributed by atoms with Gasteiger partial charge in [-0.3, -0.25) is 9.59 Å². The molecule has 0 saturated heterocycles. The summed E-state index contributed by atoms with van der Waals surface area (Å²) in [7, 11) is 3.13. The topological polar surface area (TPSA) is 98.6 Å². The molecule has 9 heteroatoms. The van der Waals surface area contributed by atoms with Crippen molar-refractivity contribution >= 4 is 22.8 Å². The minimum atomic E-state index is -0.810. The minimum absolute atomic E-state index is 0.0427. The third-order valence-corrected chi connectivity index (χ3v) is 4.84. The number of carbonyl (C=O) groups is 2. The molecule has 0 aliphatic heterocycles. The average molecular weight is 425 g/mol. The monoisotopic (exact) mass is 425 g/mol. The van der Waals surface area contributed by atoms with E-state index in [4.69, 9.17) is 9.47 Å². The molecule has 3 rings (SSSR count). The predicted octanol–water partition coefficient (Wildman–Crippen LogP) is 1.41. The highest BCUT2D eigenvalue weighted by Crippen LogP contribution is 2.22. The summed E-state index contributed by atoms with van der Waals surface area (Å²) in [6.07, 6.45) is 0. The molecule has 2 amide bonds. The van der Waals surface area contributed by atoms with Crippen molar-refractivity contribution in [2.75, 3.05) is 40.5 Å². The van der Waals surface area contributed by atoms with Crippen molar-refractivity contribution in [3.8, 4) is 0 Å². The number of aromatic nitrogens is 3. The van der Waals surface area contributed by atoms with Gasteiger partial charge in [-0.1, -0.05) is 47.7 Å². The Morgan fingerprint density at radius 2 is 1.74 bits per heavy atom. The van der Waals surface area contributed by atoms with Gasteiger partial charge in [0.1, 0.15) is 18.1 Å². The number of hydrogen-bond donors (Lipinski definition) is 1. The summed E-state index contributed by atoms with van der Waals surface area (Å²) >= 11 is 0. The number of nitrogens with zero attached hydrogens (tertiary/aromatic N) is 4. The second-order valence-electron chi connectivity index (χ2n) is 6.91. The SMILES string of the molecule is COCCNC(=O)[C@H](c1ccccc1)N(CCOC)C(=O)Cn1nnc2ccccc21. The molecule has 0 bridgehead atoms. The van der Waals surface area contributed by atoms with Gasteiger partial charge in [-0.05, 0) is 17.7 Å². The Kier molecular flexibility index (Phi) is 8.08. The molecule has 9 nitrogen and oxygen atoms in total. The first-order chi connectivity index (χ1) is 15.2. The lowest BCUT2D eigenvalue weighted by Crippen LogP contribution is -2.46. The van der Waals surface area contributed by atoms with E-state index in [0.29, 0.717) is 30.8 Å². The lowest BCUT2D eigenvalue weighted by molar-refractivity contribution is -0.142. The normalized spacial score (nSPS) is 11.9. The van der Waals surface area contributed by atoms with Gasteiger partial charge in [0.05, 0.1) is 18.7 Å². The van der Waals surface area contributed by atoms with Gasteiger partial charge in [-0.15, -0.1) is 5.10 Å². The zero-order chi connectivity index (χ0) is 22.1. The minimum Gasteiger partial charge on any atom is -0.383 e. The maximum absolute atomic E-state index is 13.4. The summed E-state index contributed by atoms with van der Waals surface area (Å²) in [6, 6.07) is 15.8. The van der Waals surface area contributed by atoms with Gasteiger partial charge in [0.25, 0.3) is 0 Å². The molecule has 3 aromatic rings. The Labute approximate surface area is 180 Å². The smallest absolute Gasteiger partial charge is 0.247 e. The summed E-state index contributed by atoms with van der Waals surface area (Å²) in [4.78, 5) is 28.0. The third-order valence-electron chi connectivity index (χ3n) is 4.84. The fourth-order valence-corrected chi connectivity index (χ4v) is 3.32. The van der Waals surface area contributed by atoms with Crippen LogP contribution < -0.4 is 5.32 Å². The second kappa shape index (κ2) is 11.2. The van der Waals surface area contributed by atoms with E-state index in [2.05, 4.69) is 15.6 Å². The number of para-hydroxylation sites is 1. The van der Waals surface area contributed by atoms with Crippen LogP contribution in [0.25, 0.3) is 11.0 Å². The van der Waals surface area contributed by atoms with Crippen LogP contribution in [-0.2, 0) is 25.6 Å². The molecule has 1 N–H and O–H groups in total. The molecule has 0 fully saturated rings. The van der Waals surface area contributed by atoms with Crippen LogP contribution in [0.4, 0.5) is 0 Å². The highest BCUT2D eigenvalue weighted by Gasteiger charge is 2.31. The van der Waals surface area contributed by atoms with Gasteiger partial charge in [0, 0.05) is 27.3 Å². The summed E-state index contributed by atoms with van der Waals surface area (Å²) in [6.45, 7) is 1.22. The number of ether oxygens (including phenoxy) is 2. The van der Waals surface area contributed by atoms with Gasteiger partial charge < -0.3 is 19.7 Å². The number of rotatable bonds is 11. The van der Waals surface area contributed by atoms with Crippen LogP contribution in [0.3, 0.4) is 0 Å². The van der Waals surface area contributed by atoms with E-state index in [9.17, 15) is 9.59 Å². The Bertz CT molecular complexity index is 992. The molecular weight excluding hydrogens is 398 g/mol. The Morgan fingerprint density at radius 3 is 2.48 bits per heavy atom. The molecule has 2 aromatic carbocycles. The van der Waals surface area contributed by atoms with Crippen molar-refractivity contribution in [2.24, 2.45) is 0 Å². The molecule has 1 aromatic heterocycles. The van der Waals surface area contributed by atoms with Crippen LogP contribution in [0, 0.1) is 0 Å². The van der Waals surface area contributed by atoms with E-state index in [1.165, 1.54) is 4.90 Å². The van der Waals surface area contributed by atoms with E-state index in [0.717, 1.165) is 5.52 Å². The first-order valence-electron chi connectivity index (χ1n) is 10.0. The molecule has 0 aliphatic carbocycles. The number of benzene rings is 2. The Hall–Kier alpha value is -3.30. The quantitative estimate of drug-likeness (QED) is 0.467. The van der Waals surface area contributed by atoms with E-state index in [1.807, 2.05) is 54.6 Å². The van der Waals surface area contributed by atoms with E-state index >= 15 is 0 Å². The van der Waals surface area contributed by atoms with Crippen LogP contribution in [0.2, 0.25) is 0 Å². The Balaban J connectivity index is 1.89. The summed E-state index contributed by atoms with van der Waals surface area (Å²) in [5, 5.41) is 11.1. The third kappa shape index (κ3) is 5.65. The molecule has 0 saturated carbocycles. The molecule has 0 aliphatic rings. The zero-order valence-electron chi connectivity index (χ0n) is 17.7. The van der Waals surface area contributed by atoms with Crippen LogP contribution >= 0.6 is 0 Å². The van der Waals surface area contributed by atoms with Gasteiger partial charge in [-0.25, -0.2) is 4.68 Å². The van der Waals surface area contributed by atoms with Crippen molar-refractivity contribution in [3.05, 3.63) is 60.2 Å². The number of hydrogen-bond acceptors (Lipinski definition) is 6. The highest BCUT2D eigenvalue weighted by atomic mass is 16.5. The summed E-state index contributed by atoms with van der Waals surface area (Å²) < 4.78 is 11.8. The van der Waals surface area contributed by atoms with Crippen molar-refractivity contribution in [1.82, 2.24) is 25.2 Å². The first kappa shape index (κ1) is 22.4. The number of carbonyl (C=O) groups excluding carboxylic acids is 2. The molecule has 0 unspecified atom stereocenters. The lowest BCUT2D eigenvalue weighted by Gasteiger charge is -2.31. The predicted molar refractivity (Wildman–Crippen MR) is 115 cm³/mol. The number of amides is 2. The molecule has 164 valence electrons. The number of nitrogens with one attached hydrogen (secondary N) is 1. The van der Waals surface area contributed by atoms with Gasteiger partial charge >= 0.3 is 0 Å². The van der Waals surface area contributed by atoms with E-state index < -0.39 is 6.04 Å². The average Bonchev–Trinajstić information content (AvgIpc) is 3.20. The van der Waals surface area contributed by atoms with Crippen molar-refractivity contribution in [2.45, 2.75) is 12.6 Å². The summed E-state index contributed by atoms with van der Waals surface area (Å²) in [5.74, 6) is -0.542.